The van der Waals surface area contributed by atoms with Crippen LogP contribution in [0.15, 0.2) is 23.1 Å². The molecule has 172 valence electrons. The van der Waals surface area contributed by atoms with Gasteiger partial charge in [-0.3, -0.25) is 14.2 Å². The molecular weight excluding hydrogens is 423 g/mol. The molecule has 0 bridgehead atoms. The number of nitrogens with zero attached hydrogens (tertiary/aromatic N) is 2. The molecule has 9 nitrogen and oxygen atoms in total. The molecule has 1 aliphatic rings. The number of hydrogen-bond acceptors (Lipinski definition) is 8. The number of halogens is 1. The molecule has 0 spiro atoms. The Morgan fingerprint density at radius 2 is 1.84 bits per heavy atom. The molecule has 1 aromatic carbocycles. The van der Waals surface area contributed by atoms with E-state index >= 15 is 0 Å². The van der Waals surface area contributed by atoms with E-state index in [9.17, 15) is 18.8 Å². The third-order valence-corrected chi connectivity index (χ3v) is 4.94. The van der Waals surface area contributed by atoms with Crippen molar-refractivity contribution in [3.8, 4) is 11.6 Å². The van der Waals surface area contributed by atoms with E-state index in [1.807, 2.05) is 32.9 Å². The van der Waals surface area contributed by atoms with Crippen LogP contribution in [0.4, 0.5) is 4.39 Å². The van der Waals surface area contributed by atoms with Crippen LogP contribution in [0.3, 0.4) is 0 Å². The molecule has 10 heteroatoms. The van der Waals surface area contributed by atoms with Crippen molar-refractivity contribution in [1.82, 2.24) is 9.55 Å². The van der Waals surface area contributed by atoms with Crippen molar-refractivity contribution in [2.24, 2.45) is 0 Å². The number of aromatic nitrogens is 2. The van der Waals surface area contributed by atoms with Crippen LogP contribution >= 0.6 is 0 Å². The first-order valence-electron chi connectivity index (χ1n) is 10.1. The van der Waals surface area contributed by atoms with Crippen LogP contribution in [0.5, 0.6) is 11.6 Å². The third kappa shape index (κ3) is 5.31. The summed E-state index contributed by atoms with van der Waals surface area (Å²) in [6.07, 6.45) is -1.56. The number of benzene rings is 1. The zero-order chi connectivity index (χ0) is 23.6. The molecule has 0 N–H and O–H groups in total. The van der Waals surface area contributed by atoms with Crippen LogP contribution in [0.25, 0.3) is 0 Å². The topological polar surface area (TPSA) is 106 Å². The summed E-state index contributed by atoms with van der Waals surface area (Å²) in [6.45, 7) is 7.85. The molecule has 0 aliphatic carbocycles. The maximum atomic E-state index is 14.8. The zero-order valence-electron chi connectivity index (χ0n) is 18.5. The van der Waals surface area contributed by atoms with Gasteiger partial charge in [-0.25, -0.2) is 4.79 Å². The van der Waals surface area contributed by atoms with E-state index in [1.165, 1.54) is 13.8 Å². The van der Waals surface area contributed by atoms with Gasteiger partial charge in [0.25, 0.3) is 5.88 Å². The van der Waals surface area contributed by atoms with Crippen LogP contribution in [0.1, 0.15) is 43.2 Å². The minimum Gasteiger partial charge on any atom is -0.463 e. The number of esters is 2. The first-order valence-corrected chi connectivity index (χ1v) is 10.1. The normalized spacial score (nSPS) is 20.1. The number of ether oxygens (including phenoxy) is 4. The van der Waals surface area contributed by atoms with E-state index in [-0.39, 0.29) is 13.0 Å². The quantitative estimate of drug-likeness (QED) is 0.621. The number of carbonyl (C=O) groups excluding carboxylic acids is 2. The average molecular weight is 448 g/mol. The molecule has 0 saturated carbocycles. The molecule has 1 aromatic heterocycles. The zero-order valence-corrected chi connectivity index (χ0v) is 18.5. The first kappa shape index (κ1) is 23.4. The highest BCUT2D eigenvalue weighted by Gasteiger charge is 2.40. The first-order chi connectivity index (χ1) is 15.0. The molecule has 2 heterocycles. The van der Waals surface area contributed by atoms with E-state index in [4.69, 9.17) is 18.9 Å². The van der Waals surface area contributed by atoms with Gasteiger partial charge in [0.15, 0.2) is 0 Å². The van der Waals surface area contributed by atoms with E-state index in [1.54, 1.807) is 0 Å². The Bertz CT molecular complexity index is 1080. The monoisotopic (exact) mass is 448 g/mol. The Morgan fingerprint density at radius 3 is 2.44 bits per heavy atom. The number of aryl methyl sites for hydroxylation is 3. The largest absolute Gasteiger partial charge is 0.463 e. The molecule has 3 atom stereocenters. The third-order valence-electron chi connectivity index (χ3n) is 4.94. The van der Waals surface area contributed by atoms with E-state index in [0.717, 1.165) is 27.5 Å². The Kier molecular flexibility index (Phi) is 6.93. The summed E-state index contributed by atoms with van der Waals surface area (Å²) in [5.41, 5.74) is 1.79. The van der Waals surface area contributed by atoms with Gasteiger partial charge >= 0.3 is 17.6 Å². The number of carbonyl (C=O) groups is 2. The van der Waals surface area contributed by atoms with Gasteiger partial charge in [0.1, 0.15) is 30.8 Å². The second kappa shape index (κ2) is 9.47. The lowest BCUT2D eigenvalue weighted by Crippen LogP contribution is -2.31. The fourth-order valence-electron chi connectivity index (χ4n) is 3.69. The summed E-state index contributed by atoms with van der Waals surface area (Å²) in [4.78, 5) is 38.9. The van der Waals surface area contributed by atoms with Gasteiger partial charge in [-0.15, -0.1) is 0 Å². The van der Waals surface area contributed by atoms with Crippen molar-refractivity contribution in [1.29, 1.82) is 0 Å². The Hall–Kier alpha value is -3.27. The molecule has 1 fully saturated rings. The lowest BCUT2D eigenvalue weighted by molar-refractivity contribution is -0.155. The molecule has 0 unspecified atom stereocenters. The van der Waals surface area contributed by atoms with Crippen LogP contribution in [-0.2, 0) is 23.8 Å². The smallest absolute Gasteiger partial charge is 0.353 e. The standard InChI is InChI=1S/C22H25FN2O7/c1-11-6-12(2)20(13(3)7-11)32-21-16(23)9-25(22(28)24-21)19-8-17(30-15(5)27)18(31-19)10-29-14(4)26/h6-7,9,17-19H,8,10H2,1-5H3/t17-,18+,19+/m0/s1. The van der Waals surface area contributed by atoms with Gasteiger partial charge in [-0.2, -0.15) is 9.37 Å². The van der Waals surface area contributed by atoms with Crippen LogP contribution < -0.4 is 10.4 Å². The predicted molar refractivity (Wildman–Crippen MR) is 110 cm³/mol. The fraction of sp³-hybridized carbons (Fsp3) is 0.455. The van der Waals surface area contributed by atoms with Gasteiger partial charge in [0.05, 0.1) is 6.20 Å². The molecule has 3 rings (SSSR count). The second-order valence-corrected chi connectivity index (χ2v) is 7.73. The minimum absolute atomic E-state index is 0.0585. The summed E-state index contributed by atoms with van der Waals surface area (Å²) >= 11 is 0. The minimum atomic E-state index is -0.966. The summed E-state index contributed by atoms with van der Waals surface area (Å²) in [5.74, 6) is -1.98. The molecule has 0 amide bonds. The van der Waals surface area contributed by atoms with Crippen LogP contribution in [-0.4, -0.2) is 40.3 Å². The van der Waals surface area contributed by atoms with Gasteiger partial charge in [0, 0.05) is 20.3 Å². The van der Waals surface area contributed by atoms with E-state index in [2.05, 4.69) is 4.98 Å². The highest BCUT2D eigenvalue weighted by Crippen LogP contribution is 2.32. The second-order valence-electron chi connectivity index (χ2n) is 7.73. The van der Waals surface area contributed by atoms with Crippen molar-refractivity contribution in [3.63, 3.8) is 0 Å². The van der Waals surface area contributed by atoms with Crippen LogP contribution in [0.2, 0.25) is 0 Å². The lowest BCUT2D eigenvalue weighted by atomic mass is 10.1. The van der Waals surface area contributed by atoms with Gasteiger partial charge in [-0.1, -0.05) is 17.7 Å². The SMILES string of the molecule is CC(=O)OC[C@H]1O[C@@H](n2cc(F)c(Oc3c(C)cc(C)cc3C)nc2=O)C[C@@H]1OC(C)=O. The molecule has 2 aromatic rings. The van der Waals surface area contributed by atoms with Crippen molar-refractivity contribution in [2.75, 3.05) is 6.61 Å². The van der Waals surface area contributed by atoms with Gasteiger partial charge in [-0.05, 0) is 31.9 Å². The molecular formula is C22H25FN2O7. The summed E-state index contributed by atoms with van der Waals surface area (Å²) in [6, 6.07) is 3.76. The van der Waals surface area contributed by atoms with Crippen molar-refractivity contribution >= 4 is 11.9 Å². The predicted octanol–water partition coefficient (Wildman–Crippen LogP) is 2.88. The molecule has 1 aliphatic heterocycles. The van der Waals surface area contributed by atoms with E-state index in [0.29, 0.717) is 5.75 Å². The lowest BCUT2D eigenvalue weighted by Gasteiger charge is -2.18. The highest BCUT2D eigenvalue weighted by molar-refractivity contribution is 5.66. The number of hydrogen-bond donors (Lipinski definition) is 0. The fourth-order valence-corrected chi connectivity index (χ4v) is 3.69. The van der Waals surface area contributed by atoms with Gasteiger partial charge < -0.3 is 18.9 Å². The Balaban J connectivity index is 1.85. The number of rotatable bonds is 6. The molecule has 32 heavy (non-hydrogen) atoms. The van der Waals surface area contributed by atoms with Gasteiger partial charge in [0.2, 0.25) is 5.82 Å². The Labute approximate surface area is 184 Å². The van der Waals surface area contributed by atoms with Crippen molar-refractivity contribution < 1.29 is 32.9 Å². The molecule has 1 saturated heterocycles. The van der Waals surface area contributed by atoms with E-state index < -0.39 is 47.8 Å². The molecule has 0 radical (unpaired) electrons. The Morgan fingerprint density at radius 1 is 1.19 bits per heavy atom. The van der Waals surface area contributed by atoms with Crippen LogP contribution in [0, 0.1) is 26.6 Å². The average Bonchev–Trinajstić information content (AvgIpc) is 3.06. The maximum absolute atomic E-state index is 14.8. The summed E-state index contributed by atoms with van der Waals surface area (Å²) in [5, 5.41) is 0. The van der Waals surface area contributed by atoms with Crippen molar-refractivity contribution in [3.05, 3.63) is 51.3 Å². The highest BCUT2D eigenvalue weighted by atomic mass is 19.1. The summed E-state index contributed by atoms with van der Waals surface area (Å²) in [7, 11) is 0. The van der Waals surface area contributed by atoms with Crippen molar-refractivity contribution in [2.45, 2.75) is 59.5 Å². The maximum Gasteiger partial charge on any atom is 0.353 e. The summed E-state index contributed by atoms with van der Waals surface area (Å²) < 4.78 is 37.3.